The van der Waals surface area contributed by atoms with Crippen molar-refractivity contribution >= 4 is 0 Å². The summed E-state index contributed by atoms with van der Waals surface area (Å²) in [7, 11) is 1.48. The van der Waals surface area contributed by atoms with Gasteiger partial charge in [-0.15, -0.1) is 0 Å². The Bertz CT molecular complexity index is 1130. The number of aryl methyl sites for hydroxylation is 2. The van der Waals surface area contributed by atoms with Gasteiger partial charge in [0, 0.05) is 11.4 Å². The number of pyridine rings is 2. The highest BCUT2D eigenvalue weighted by Crippen LogP contribution is 2.40. The van der Waals surface area contributed by atoms with Crippen molar-refractivity contribution in [1.82, 2.24) is 9.97 Å². The summed E-state index contributed by atoms with van der Waals surface area (Å²) in [6, 6.07) is 7.73. The number of aromatic hydroxyl groups is 2. The van der Waals surface area contributed by atoms with Gasteiger partial charge in [-0.25, -0.2) is 0 Å². The van der Waals surface area contributed by atoms with Crippen molar-refractivity contribution in [2.24, 2.45) is 0 Å². The molecule has 0 aliphatic carbocycles. The summed E-state index contributed by atoms with van der Waals surface area (Å²) in [4.78, 5) is 30.9. The van der Waals surface area contributed by atoms with Crippen LogP contribution >= 0.6 is 0 Å². The predicted octanol–water partition coefficient (Wildman–Crippen LogP) is 2.68. The van der Waals surface area contributed by atoms with E-state index in [1.165, 1.54) is 19.2 Å². The van der Waals surface area contributed by atoms with Crippen LogP contribution in [0.2, 0.25) is 0 Å². The van der Waals surface area contributed by atoms with E-state index < -0.39 is 17.0 Å². The first-order chi connectivity index (χ1) is 14.3. The average molecular weight is 412 g/mol. The summed E-state index contributed by atoms with van der Waals surface area (Å²) in [5, 5.41) is 21.2. The molecule has 8 nitrogen and oxygen atoms in total. The van der Waals surface area contributed by atoms with Crippen LogP contribution in [0, 0.1) is 13.8 Å². The third-order valence-corrected chi connectivity index (χ3v) is 4.77. The molecule has 3 rings (SSSR count). The molecule has 0 amide bonds. The van der Waals surface area contributed by atoms with Gasteiger partial charge >= 0.3 is 0 Å². The molecule has 1 aromatic carbocycles. The van der Waals surface area contributed by atoms with E-state index in [2.05, 4.69) is 9.97 Å². The number of ether oxygens (including phenoxy) is 2. The molecule has 0 aliphatic heterocycles. The normalized spacial score (nSPS) is 11.0. The number of H-pyrrole nitrogens is 2. The Hall–Kier alpha value is -3.68. The molecular weight excluding hydrogens is 388 g/mol. The minimum Gasteiger partial charge on any atom is -0.507 e. The summed E-state index contributed by atoms with van der Waals surface area (Å²) >= 11 is 0. The lowest BCUT2D eigenvalue weighted by atomic mass is 9.85. The second-order valence-corrected chi connectivity index (χ2v) is 6.94. The molecule has 0 saturated heterocycles. The highest BCUT2D eigenvalue weighted by atomic mass is 16.5. The molecule has 2 heterocycles. The van der Waals surface area contributed by atoms with Crippen LogP contribution in [0.3, 0.4) is 0 Å². The van der Waals surface area contributed by atoms with Crippen molar-refractivity contribution in [1.29, 1.82) is 0 Å². The maximum Gasteiger partial charge on any atom is 0.256 e. The molecule has 0 atom stereocenters. The Balaban J connectivity index is 2.36. The number of hydrogen-bond donors (Lipinski definition) is 4. The van der Waals surface area contributed by atoms with E-state index in [0.29, 0.717) is 35.1 Å². The van der Waals surface area contributed by atoms with E-state index in [4.69, 9.17) is 9.47 Å². The first-order valence-corrected chi connectivity index (χ1v) is 9.43. The van der Waals surface area contributed by atoms with Gasteiger partial charge in [-0.1, -0.05) is 6.07 Å². The van der Waals surface area contributed by atoms with Gasteiger partial charge in [-0.3, -0.25) is 9.59 Å². The van der Waals surface area contributed by atoms with E-state index in [0.717, 1.165) is 0 Å². The minimum atomic E-state index is -1.05. The number of rotatable bonds is 6. The topological polar surface area (TPSA) is 125 Å². The fourth-order valence-electron chi connectivity index (χ4n) is 3.54. The van der Waals surface area contributed by atoms with Crippen LogP contribution in [0.15, 0.2) is 39.9 Å². The van der Waals surface area contributed by atoms with Gasteiger partial charge in [0.05, 0.1) is 30.8 Å². The molecule has 30 heavy (non-hydrogen) atoms. The van der Waals surface area contributed by atoms with Gasteiger partial charge in [-0.2, -0.15) is 0 Å². The van der Waals surface area contributed by atoms with E-state index in [1.807, 2.05) is 6.92 Å². The molecule has 0 unspecified atom stereocenters. The third kappa shape index (κ3) is 3.89. The number of methoxy groups -OCH3 is 1. The van der Waals surface area contributed by atoms with E-state index in [1.54, 1.807) is 32.0 Å². The number of aromatic amines is 2. The molecule has 4 N–H and O–H groups in total. The van der Waals surface area contributed by atoms with Crippen molar-refractivity contribution < 1.29 is 19.7 Å². The predicted molar refractivity (Wildman–Crippen MR) is 112 cm³/mol. The lowest BCUT2D eigenvalue weighted by Crippen LogP contribution is -2.25. The van der Waals surface area contributed by atoms with Crippen LogP contribution in [-0.2, 0) is 0 Å². The molecule has 0 saturated carbocycles. The summed E-state index contributed by atoms with van der Waals surface area (Å²) in [5.74, 6) is -0.734. The van der Waals surface area contributed by atoms with Crippen LogP contribution in [-0.4, -0.2) is 33.9 Å². The van der Waals surface area contributed by atoms with E-state index >= 15 is 0 Å². The van der Waals surface area contributed by atoms with Crippen molar-refractivity contribution in [3.05, 3.63) is 79.1 Å². The molecule has 8 heteroatoms. The monoisotopic (exact) mass is 412 g/mol. The molecule has 3 aromatic rings. The highest BCUT2D eigenvalue weighted by Gasteiger charge is 2.29. The van der Waals surface area contributed by atoms with Crippen molar-refractivity contribution in [3.8, 4) is 23.0 Å². The highest BCUT2D eigenvalue weighted by molar-refractivity contribution is 5.54. The van der Waals surface area contributed by atoms with Crippen molar-refractivity contribution in [2.45, 2.75) is 26.7 Å². The summed E-state index contributed by atoms with van der Waals surface area (Å²) in [5.41, 5.74) is 0.143. The summed E-state index contributed by atoms with van der Waals surface area (Å²) in [6.07, 6.45) is 0. The third-order valence-electron chi connectivity index (χ3n) is 4.77. The van der Waals surface area contributed by atoms with Crippen LogP contribution in [0.4, 0.5) is 0 Å². The van der Waals surface area contributed by atoms with Crippen LogP contribution in [0.1, 0.15) is 40.9 Å². The zero-order valence-electron chi connectivity index (χ0n) is 17.2. The first kappa shape index (κ1) is 21.0. The molecular formula is C22H24N2O6. The maximum atomic E-state index is 12.8. The van der Waals surface area contributed by atoms with Gasteiger partial charge in [0.2, 0.25) is 0 Å². The number of nitrogens with one attached hydrogen (secondary N) is 2. The van der Waals surface area contributed by atoms with Gasteiger partial charge in [0.1, 0.15) is 11.5 Å². The largest absolute Gasteiger partial charge is 0.507 e. The van der Waals surface area contributed by atoms with Gasteiger partial charge in [0.15, 0.2) is 11.5 Å². The Kier molecular flexibility index (Phi) is 5.86. The van der Waals surface area contributed by atoms with Gasteiger partial charge < -0.3 is 29.7 Å². The van der Waals surface area contributed by atoms with Gasteiger partial charge in [-0.05, 0) is 50.6 Å². The Labute approximate surface area is 172 Å². The lowest BCUT2D eigenvalue weighted by molar-refractivity contribution is 0.310. The first-order valence-electron chi connectivity index (χ1n) is 9.43. The zero-order valence-corrected chi connectivity index (χ0v) is 17.2. The second-order valence-electron chi connectivity index (χ2n) is 6.94. The fraction of sp³-hybridized carbons (Fsp3) is 0.273. The summed E-state index contributed by atoms with van der Waals surface area (Å²) < 4.78 is 10.9. The zero-order chi connectivity index (χ0) is 22.0. The SMILES string of the molecule is CCOc1ccc(C(c2c(O)cc(C)[nH]c2=O)c2c(O)cc(C)[nH]c2=O)cc1OC. The number of benzene rings is 1. The Morgan fingerprint density at radius 3 is 1.87 bits per heavy atom. The van der Waals surface area contributed by atoms with Gasteiger partial charge in [0.25, 0.3) is 11.1 Å². The Morgan fingerprint density at radius 1 is 0.900 bits per heavy atom. The molecule has 0 radical (unpaired) electrons. The molecule has 0 aliphatic rings. The van der Waals surface area contributed by atoms with E-state index in [-0.39, 0.29) is 22.6 Å². The Morgan fingerprint density at radius 2 is 1.43 bits per heavy atom. The van der Waals surface area contributed by atoms with Crippen LogP contribution in [0.5, 0.6) is 23.0 Å². The molecule has 0 spiro atoms. The second kappa shape index (κ2) is 8.36. The van der Waals surface area contributed by atoms with Crippen LogP contribution < -0.4 is 20.6 Å². The molecule has 0 fully saturated rings. The van der Waals surface area contributed by atoms with Crippen LogP contribution in [0.25, 0.3) is 0 Å². The molecule has 158 valence electrons. The lowest BCUT2D eigenvalue weighted by Gasteiger charge is -2.21. The number of hydrogen-bond acceptors (Lipinski definition) is 6. The smallest absolute Gasteiger partial charge is 0.256 e. The van der Waals surface area contributed by atoms with E-state index in [9.17, 15) is 19.8 Å². The fourth-order valence-corrected chi connectivity index (χ4v) is 3.54. The number of aromatic nitrogens is 2. The standard InChI is InChI=1S/C22H24N2O6/c1-5-30-16-7-6-13(10-17(16)29-4)18(19-14(25)8-11(2)23-21(19)27)20-15(26)9-12(3)24-22(20)28/h6-10,18H,5H2,1-4H3,(H2,23,25,27)(H2,24,26,28). The maximum absolute atomic E-state index is 12.8. The quantitative estimate of drug-likeness (QED) is 0.493. The molecule has 0 bridgehead atoms. The van der Waals surface area contributed by atoms with Crippen molar-refractivity contribution in [2.75, 3.05) is 13.7 Å². The van der Waals surface area contributed by atoms with Crippen molar-refractivity contribution in [3.63, 3.8) is 0 Å². The molecule has 2 aromatic heterocycles. The minimum absolute atomic E-state index is 0.0588. The average Bonchev–Trinajstić information content (AvgIpc) is 2.66. The summed E-state index contributed by atoms with van der Waals surface area (Å²) in [6.45, 7) is 5.53.